The molecule has 0 aliphatic heterocycles. The van der Waals surface area contributed by atoms with E-state index in [-0.39, 0.29) is 35.1 Å². The molecule has 1 heterocycles. The molecule has 1 aromatic heterocycles. The molecule has 0 saturated carbocycles. The minimum Gasteiger partial charge on any atom is -0.710 e. The van der Waals surface area contributed by atoms with E-state index in [0.717, 1.165) is 27.8 Å². The van der Waals surface area contributed by atoms with Crippen LogP contribution in [0.5, 0.6) is 0 Å². The first kappa shape index (κ1) is 27.0. The lowest BCUT2D eigenvalue weighted by molar-refractivity contribution is -0.594. The normalized spacial score (nSPS) is 11.7. The van der Waals surface area contributed by atoms with Gasteiger partial charge in [0.25, 0.3) is 17.7 Å². The minimum absolute atomic E-state index is 0.116. The maximum Gasteiger partial charge on any atom is 0.300 e. The molecule has 2 N–H and O–H groups in total. The molecule has 0 bridgehead atoms. The summed E-state index contributed by atoms with van der Waals surface area (Å²) in [5, 5.41) is 16.0. The van der Waals surface area contributed by atoms with Gasteiger partial charge in [-0.2, -0.15) is 0 Å². The van der Waals surface area contributed by atoms with Gasteiger partial charge in [0.15, 0.2) is 5.69 Å². The number of hydrogen-bond acceptors (Lipinski definition) is 2. The molecule has 4 rings (SSSR count). The van der Waals surface area contributed by atoms with Gasteiger partial charge in [-0.25, -0.2) is 18.5 Å². The number of carbonyl (C=O) groups excluding carboxylic acids is 1. The number of nitrogens with zero attached hydrogens (tertiary/aromatic N) is 1. The van der Waals surface area contributed by atoms with E-state index in [2.05, 4.69) is 50.1 Å². The van der Waals surface area contributed by atoms with E-state index in [1.165, 1.54) is 31.2 Å². The second-order valence-electron chi connectivity index (χ2n) is 10.1. The molecule has 1 amide bonds. The number of anilines is 1. The molecule has 5 nitrogen and oxygen atoms in total. The molecule has 198 valence electrons. The van der Waals surface area contributed by atoms with Crippen molar-refractivity contribution < 1.29 is 18.3 Å². The molecule has 3 aromatic carbocycles. The van der Waals surface area contributed by atoms with Crippen LogP contribution in [0.1, 0.15) is 71.5 Å². The summed E-state index contributed by atoms with van der Waals surface area (Å²) in [5.74, 6) is -3.18. The Morgan fingerprint density at radius 2 is 1.68 bits per heavy atom. The van der Waals surface area contributed by atoms with Gasteiger partial charge in [-0.1, -0.05) is 57.2 Å². The lowest BCUT2D eigenvalue weighted by Gasteiger charge is -2.18. The SMILES string of the molecule is CCC(F)(F)c1cccc(NC(=O)c2c(C)[nH]c(-c3ccc(C(C)C)c(-c4c(C)cccc4C)c3)[n+]2[O-])c1. The van der Waals surface area contributed by atoms with Crippen molar-refractivity contribution in [3.63, 3.8) is 0 Å². The predicted octanol–water partition coefficient (Wildman–Crippen LogP) is 7.78. The van der Waals surface area contributed by atoms with Crippen molar-refractivity contribution in [3.05, 3.63) is 99.5 Å². The Morgan fingerprint density at radius 1 is 1.03 bits per heavy atom. The first-order valence-corrected chi connectivity index (χ1v) is 12.8. The van der Waals surface area contributed by atoms with Crippen LogP contribution < -0.4 is 10.0 Å². The maximum absolute atomic E-state index is 14.2. The molecule has 0 unspecified atom stereocenters. The van der Waals surface area contributed by atoms with Crippen LogP contribution >= 0.6 is 0 Å². The van der Waals surface area contributed by atoms with Crippen molar-refractivity contribution in [2.75, 3.05) is 5.32 Å². The molecule has 7 heteroatoms. The van der Waals surface area contributed by atoms with Crippen LogP contribution in [0, 0.1) is 26.0 Å². The van der Waals surface area contributed by atoms with Crippen molar-refractivity contribution in [2.24, 2.45) is 0 Å². The van der Waals surface area contributed by atoms with Crippen LogP contribution in [0.2, 0.25) is 0 Å². The molecule has 38 heavy (non-hydrogen) atoms. The molecule has 0 spiro atoms. The number of aryl methyl sites for hydroxylation is 3. The standard InChI is InChI=1S/C31H33F2N3O2/c1-7-31(32,33)23-12-9-13-24(17-23)35-30(37)28-21(6)34-29(36(28)38)22-14-15-25(18(2)3)26(16-22)27-19(4)10-8-11-20(27)5/h8-18,34H,7H2,1-6H3,(H,35,37). The van der Waals surface area contributed by atoms with Crippen LogP contribution in [0.3, 0.4) is 0 Å². The first-order valence-electron chi connectivity index (χ1n) is 12.8. The second-order valence-corrected chi connectivity index (χ2v) is 10.1. The minimum atomic E-state index is -3.01. The number of aromatic amines is 1. The highest BCUT2D eigenvalue weighted by Gasteiger charge is 2.30. The summed E-state index contributed by atoms with van der Waals surface area (Å²) in [4.78, 5) is 16.2. The van der Waals surface area contributed by atoms with Gasteiger partial charge >= 0.3 is 0 Å². The maximum atomic E-state index is 14.2. The Morgan fingerprint density at radius 3 is 2.32 bits per heavy atom. The third kappa shape index (κ3) is 5.05. The number of benzene rings is 3. The molecular formula is C31H33F2N3O2. The number of amides is 1. The number of carbonyl (C=O) groups is 1. The molecule has 0 aliphatic rings. The number of hydrogen-bond donors (Lipinski definition) is 2. The fraction of sp³-hybridized carbons (Fsp3) is 0.290. The largest absolute Gasteiger partial charge is 0.710 e. The third-order valence-electron chi connectivity index (χ3n) is 6.97. The second kappa shape index (κ2) is 10.4. The van der Waals surface area contributed by atoms with Crippen molar-refractivity contribution in [1.82, 2.24) is 4.98 Å². The van der Waals surface area contributed by atoms with E-state index >= 15 is 0 Å². The van der Waals surface area contributed by atoms with E-state index in [4.69, 9.17) is 0 Å². The van der Waals surface area contributed by atoms with Gasteiger partial charge in [-0.15, -0.1) is 0 Å². The Kier molecular flexibility index (Phi) is 7.40. The number of aromatic nitrogens is 2. The average Bonchev–Trinajstić information content (AvgIpc) is 3.17. The number of H-pyrrole nitrogens is 1. The van der Waals surface area contributed by atoms with Crippen LogP contribution in [0.15, 0.2) is 60.7 Å². The fourth-order valence-corrected chi connectivity index (χ4v) is 4.89. The molecule has 0 fully saturated rings. The average molecular weight is 518 g/mol. The quantitative estimate of drug-likeness (QED) is 0.194. The van der Waals surface area contributed by atoms with Crippen LogP contribution in [-0.4, -0.2) is 10.9 Å². The highest BCUT2D eigenvalue weighted by atomic mass is 19.3. The van der Waals surface area contributed by atoms with Gasteiger partial charge < -0.3 is 10.5 Å². The van der Waals surface area contributed by atoms with Crippen LogP contribution in [-0.2, 0) is 5.92 Å². The molecular weight excluding hydrogens is 484 g/mol. The summed E-state index contributed by atoms with van der Waals surface area (Å²) < 4.78 is 28.9. The van der Waals surface area contributed by atoms with Gasteiger partial charge in [0.05, 0.1) is 5.56 Å². The lowest BCUT2D eigenvalue weighted by atomic mass is 9.87. The van der Waals surface area contributed by atoms with Crippen molar-refractivity contribution in [1.29, 1.82) is 0 Å². The zero-order valence-electron chi connectivity index (χ0n) is 22.6. The fourth-order valence-electron chi connectivity index (χ4n) is 4.89. The van der Waals surface area contributed by atoms with E-state index in [1.807, 2.05) is 24.3 Å². The summed E-state index contributed by atoms with van der Waals surface area (Å²) in [6.07, 6.45) is -0.356. The third-order valence-corrected chi connectivity index (χ3v) is 6.97. The molecule has 0 atom stereocenters. The molecule has 0 saturated heterocycles. The van der Waals surface area contributed by atoms with E-state index in [0.29, 0.717) is 16.0 Å². The summed E-state index contributed by atoms with van der Waals surface area (Å²) in [5.41, 5.74) is 6.52. The Balaban J connectivity index is 1.74. The first-order chi connectivity index (χ1) is 17.9. The van der Waals surface area contributed by atoms with E-state index in [1.54, 1.807) is 6.92 Å². The van der Waals surface area contributed by atoms with E-state index in [9.17, 15) is 18.8 Å². The predicted molar refractivity (Wildman–Crippen MR) is 148 cm³/mol. The molecule has 0 aliphatic carbocycles. The highest BCUT2D eigenvalue weighted by Crippen LogP contribution is 2.36. The van der Waals surface area contributed by atoms with Crippen LogP contribution in [0.25, 0.3) is 22.5 Å². The number of halogens is 2. The topological polar surface area (TPSA) is 71.8 Å². The van der Waals surface area contributed by atoms with Crippen molar-refractivity contribution in [2.45, 2.75) is 59.8 Å². The van der Waals surface area contributed by atoms with Gasteiger partial charge in [0.2, 0.25) is 5.69 Å². The lowest BCUT2D eigenvalue weighted by Crippen LogP contribution is -2.36. The smallest absolute Gasteiger partial charge is 0.300 e. The summed E-state index contributed by atoms with van der Waals surface area (Å²) in [7, 11) is 0. The molecule has 4 aromatic rings. The zero-order chi connectivity index (χ0) is 27.8. The van der Waals surface area contributed by atoms with Crippen molar-refractivity contribution >= 4 is 11.6 Å². The summed E-state index contributed by atoms with van der Waals surface area (Å²) in [6, 6.07) is 17.6. The van der Waals surface area contributed by atoms with Crippen molar-refractivity contribution in [3.8, 4) is 22.5 Å². The number of nitrogens with one attached hydrogen (secondary N) is 2. The number of imidazole rings is 1. The van der Waals surface area contributed by atoms with Gasteiger partial charge in [0, 0.05) is 24.6 Å². The van der Waals surface area contributed by atoms with Gasteiger partial charge in [0.1, 0.15) is 0 Å². The van der Waals surface area contributed by atoms with Gasteiger partial charge in [-0.05, 0) is 71.8 Å². The van der Waals surface area contributed by atoms with E-state index < -0.39 is 11.8 Å². The Bertz CT molecular complexity index is 1480. The van der Waals surface area contributed by atoms with Crippen LogP contribution in [0.4, 0.5) is 14.5 Å². The molecule has 0 radical (unpaired) electrons. The van der Waals surface area contributed by atoms with Gasteiger partial charge in [-0.3, -0.25) is 4.79 Å². The Labute approximate surface area is 222 Å². The summed E-state index contributed by atoms with van der Waals surface area (Å²) >= 11 is 0. The number of alkyl halides is 2. The Hall–Kier alpha value is -4.00. The summed E-state index contributed by atoms with van der Waals surface area (Å²) in [6.45, 7) is 11.4. The highest BCUT2D eigenvalue weighted by molar-refractivity contribution is 6.02. The number of rotatable bonds is 7. The zero-order valence-corrected chi connectivity index (χ0v) is 22.6. The monoisotopic (exact) mass is 517 g/mol.